The fraction of sp³-hybridized carbons (Fsp3) is 0.348. The molecule has 0 radical (unpaired) electrons. The Morgan fingerprint density at radius 1 is 1.06 bits per heavy atom. The Morgan fingerprint density at radius 3 is 2.53 bits per heavy atom. The Balaban J connectivity index is 1.29. The number of anilines is 1. The van der Waals surface area contributed by atoms with E-state index >= 15 is 0 Å². The van der Waals surface area contributed by atoms with Gasteiger partial charge in [-0.2, -0.15) is 0 Å². The lowest BCUT2D eigenvalue weighted by atomic mass is 9.81. The maximum absolute atomic E-state index is 13.1. The van der Waals surface area contributed by atoms with Gasteiger partial charge in [-0.3, -0.25) is 34.7 Å². The fourth-order valence-corrected chi connectivity index (χ4v) is 4.90. The maximum atomic E-state index is 13.1. The molecule has 3 amide bonds. The first-order valence-electron chi connectivity index (χ1n) is 11.1. The number of benzene rings is 2. The number of hydrogen-bond acceptors (Lipinski definition) is 7. The lowest BCUT2D eigenvalue weighted by Crippen LogP contribution is -2.74. The molecule has 4 atom stereocenters. The van der Waals surface area contributed by atoms with E-state index in [0.717, 1.165) is 13.0 Å². The zero-order chi connectivity index (χ0) is 23.8. The van der Waals surface area contributed by atoms with Crippen LogP contribution in [0.2, 0.25) is 0 Å². The van der Waals surface area contributed by atoms with E-state index < -0.39 is 35.1 Å². The monoisotopic (exact) mass is 464 g/mol. The molecule has 2 aromatic carbocycles. The quantitative estimate of drug-likeness (QED) is 0.384. The molecule has 2 aromatic rings. The minimum absolute atomic E-state index is 0.0997. The van der Waals surface area contributed by atoms with E-state index in [1.165, 1.54) is 35.4 Å². The summed E-state index contributed by atoms with van der Waals surface area (Å²) in [5.41, 5.74) is 2.73. The van der Waals surface area contributed by atoms with E-state index in [9.17, 15) is 24.5 Å². The van der Waals surface area contributed by atoms with Crippen molar-refractivity contribution in [1.82, 2.24) is 20.9 Å². The minimum Gasteiger partial charge on any atom is -0.340 e. The van der Waals surface area contributed by atoms with Crippen molar-refractivity contribution in [3.05, 3.63) is 69.8 Å². The first-order valence-corrected chi connectivity index (χ1v) is 11.1. The molecule has 2 fully saturated rings. The van der Waals surface area contributed by atoms with Crippen LogP contribution in [-0.4, -0.2) is 46.5 Å². The minimum atomic E-state index is -0.885. The average Bonchev–Trinajstić information content (AvgIpc) is 2.83. The van der Waals surface area contributed by atoms with E-state index in [1.807, 2.05) is 12.1 Å². The summed E-state index contributed by atoms with van der Waals surface area (Å²) >= 11 is 0. The highest BCUT2D eigenvalue weighted by molar-refractivity contribution is 6.00. The predicted molar refractivity (Wildman–Crippen MR) is 121 cm³/mol. The van der Waals surface area contributed by atoms with Gasteiger partial charge in [-0.25, -0.2) is 0 Å². The number of fused-ring (bicyclic) bond motifs is 2. The van der Waals surface area contributed by atoms with Gasteiger partial charge in [0.15, 0.2) is 0 Å². The van der Waals surface area contributed by atoms with E-state index in [-0.39, 0.29) is 23.9 Å². The number of carbonyl (C=O) groups excluding carboxylic acids is 3. The molecule has 4 N–H and O–H groups in total. The van der Waals surface area contributed by atoms with Gasteiger partial charge in [-0.15, -0.1) is 0 Å². The molecule has 0 aromatic heterocycles. The Morgan fingerprint density at radius 2 is 1.79 bits per heavy atom. The number of amides is 3. The number of nitro groups is 1. The molecule has 0 spiro atoms. The van der Waals surface area contributed by atoms with Crippen LogP contribution in [0.3, 0.4) is 0 Å². The Bertz CT molecular complexity index is 1150. The molecule has 2 saturated heterocycles. The number of nitrogens with one attached hydrogen (secondary N) is 4. The molecule has 0 saturated carbocycles. The van der Waals surface area contributed by atoms with Gasteiger partial charge in [0.25, 0.3) is 5.69 Å². The third-order valence-corrected chi connectivity index (χ3v) is 6.64. The maximum Gasteiger partial charge on any atom is 0.269 e. The smallest absolute Gasteiger partial charge is 0.269 e. The van der Waals surface area contributed by atoms with Crippen LogP contribution in [0.15, 0.2) is 48.5 Å². The van der Waals surface area contributed by atoms with Crippen LogP contribution in [0.25, 0.3) is 0 Å². The molecule has 3 aliphatic rings. The number of piperidine rings is 1. The number of non-ortho nitro benzene ring substituents is 1. The standard InChI is InChI=1S/C23H24N6O5/c30-18-11-17(21(31)24-15-5-7-16(8-6-15)29(33)34)19-20(25-18)26-23(27-22(19)32)28-10-9-13-3-1-2-4-14(13)12-28/h1-8,17,19-20,23,26H,9-12H2,(H,24,31)(H,25,30)(H,27,32). The Kier molecular flexibility index (Phi) is 5.72. The van der Waals surface area contributed by atoms with E-state index in [1.54, 1.807) is 0 Å². The van der Waals surface area contributed by atoms with Crippen molar-refractivity contribution in [3.63, 3.8) is 0 Å². The molecule has 4 unspecified atom stereocenters. The highest BCUT2D eigenvalue weighted by Crippen LogP contribution is 2.29. The fourth-order valence-electron chi connectivity index (χ4n) is 4.90. The summed E-state index contributed by atoms with van der Waals surface area (Å²) in [7, 11) is 0. The molecule has 176 valence electrons. The van der Waals surface area contributed by atoms with Gasteiger partial charge in [0.1, 0.15) is 6.29 Å². The van der Waals surface area contributed by atoms with Crippen molar-refractivity contribution in [1.29, 1.82) is 0 Å². The Hall–Kier alpha value is -3.83. The zero-order valence-electron chi connectivity index (χ0n) is 18.2. The molecule has 34 heavy (non-hydrogen) atoms. The highest BCUT2D eigenvalue weighted by atomic mass is 16.6. The van der Waals surface area contributed by atoms with Crippen LogP contribution < -0.4 is 21.3 Å². The topological polar surface area (TPSA) is 146 Å². The number of carbonyl (C=O) groups is 3. The second kappa shape index (κ2) is 8.84. The Labute approximate surface area is 195 Å². The number of rotatable bonds is 4. The van der Waals surface area contributed by atoms with E-state index in [0.29, 0.717) is 12.2 Å². The third kappa shape index (κ3) is 4.22. The van der Waals surface area contributed by atoms with Gasteiger partial charge in [0.2, 0.25) is 17.7 Å². The van der Waals surface area contributed by atoms with Crippen LogP contribution >= 0.6 is 0 Å². The summed E-state index contributed by atoms with van der Waals surface area (Å²) < 4.78 is 0. The lowest BCUT2D eigenvalue weighted by molar-refractivity contribution is -0.384. The van der Waals surface area contributed by atoms with Crippen LogP contribution in [0.5, 0.6) is 0 Å². The molecule has 11 heteroatoms. The summed E-state index contributed by atoms with van der Waals surface area (Å²) in [6.45, 7) is 1.40. The van der Waals surface area contributed by atoms with Crippen molar-refractivity contribution in [2.75, 3.05) is 11.9 Å². The van der Waals surface area contributed by atoms with Gasteiger partial charge in [0, 0.05) is 37.3 Å². The molecule has 11 nitrogen and oxygen atoms in total. The van der Waals surface area contributed by atoms with Crippen molar-refractivity contribution in [2.24, 2.45) is 11.8 Å². The van der Waals surface area contributed by atoms with Gasteiger partial charge < -0.3 is 16.0 Å². The molecular weight excluding hydrogens is 440 g/mol. The second-order valence-corrected chi connectivity index (χ2v) is 8.74. The normalized spacial score (nSPS) is 26.5. The molecule has 0 bridgehead atoms. The van der Waals surface area contributed by atoms with Gasteiger partial charge in [-0.1, -0.05) is 24.3 Å². The summed E-state index contributed by atoms with van der Waals surface area (Å²) in [4.78, 5) is 51.0. The summed E-state index contributed by atoms with van der Waals surface area (Å²) in [5, 5.41) is 22.6. The van der Waals surface area contributed by atoms with Gasteiger partial charge in [-0.05, 0) is 29.7 Å². The molecular formula is C23H24N6O5. The van der Waals surface area contributed by atoms with Gasteiger partial charge >= 0.3 is 0 Å². The largest absolute Gasteiger partial charge is 0.340 e. The first-order chi connectivity index (χ1) is 16.4. The predicted octanol–water partition coefficient (Wildman–Crippen LogP) is 0.673. The SMILES string of the molecule is O=C1CC(C(=O)Nc2ccc([N+](=O)[O-])cc2)C2C(=O)NC(N3CCc4ccccc4C3)NC2N1. The second-order valence-electron chi connectivity index (χ2n) is 8.74. The summed E-state index contributed by atoms with van der Waals surface area (Å²) in [6, 6.07) is 13.6. The number of hydrogen-bond donors (Lipinski definition) is 4. The number of nitrogens with zero attached hydrogens (tertiary/aromatic N) is 2. The van der Waals surface area contributed by atoms with Crippen molar-refractivity contribution >= 4 is 29.1 Å². The van der Waals surface area contributed by atoms with Crippen molar-refractivity contribution in [2.45, 2.75) is 31.8 Å². The zero-order valence-corrected chi connectivity index (χ0v) is 18.2. The van der Waals surface area contributed by atoms with Crippen LogP contribution in [0, 0.1) is 22.0 Å². The van der Waals surface area contributed by atoms with Crippen LogP contribution in [0.1, 0.15) is 17.5 Å². The van der Waals surface area contributed by atoms with Crippen LogP contribution in [0.4, 0.5) is 11.4 Å². The molecule has 0 aliphatic carbocycles. The third-order valence-electron chi connectivity index (χ3n) is 6.64. The summed E-state index contributed by atoms with van der Waals surface area (Å²) in [5.74, 6) is -2.79. The van der Waals surface area contributed by atoms with E-state index in [2.05, 4.69) is 38.3 Å². The lowest BCUT2D eigenvalue weighted by Gasteiger charge is -2.47. The first kappa shape index (κ1) is 22.0. The number of nitro benzene ring substituents is 1. The van der Waals surface area contributed by atoms with Crippen LogP contribution in [-0.2, 0) is 27.3 Å². The molecule has 3 heterocycles. The van der Waals surface area contributed by atoms with Crippen molar-refractivity contribution in [3.8, 4) is 0 Å². The molecule has 5 rings (SSSR count). The van der Waals surface area contributed by atoms with Crippen molar-refractivity contribution < 1.29 is 19.3 Å². The highest BCUT2D eigenvalue weighted by Gasteiger charge is 2.49. The van der Waals surface area contributed by atoms with E-state index in [4.69, 9.17) is 0 Å². The average molecular weight is 464 g/mol. The van der Waals surface area contributed by atoms with Gasteiger partial charge in [0.05, 0.1) is 22.9 Å². The summed E-state index contributed by atoms with van der Waals surface area (Å²) in [6.07, 6.45) is -0.439. The molecule has 3 aliphatic heterocycles.